The van der Waals surface area contributed by atoms with E-state index in [0.29, 0.717) is 15.9 Å². The Balaban J connectivity index is 2.68. The van der Waals surface area contributed by atoms with E-state index in [-0.39, 0.29) is 17.9 Å². The number of carbonyl (C=O) groups excluding carboxylic acids is 1. The average molecular weight is 237 g/mol. The largest absolute Gasteiger partial charge is 0.298 e. The van der Waals surface area contributed by atoms with Crippen molar-refractivity contribution >= 4 is 28.3 Å². The molecule has 2 aromatic rings. The summed E-state index contributed by atoms with van der Waals surface area (Å²) in [7, 11) is 0. The summed E-state index contributed by atoms with van der Waals surface area (Å²) >= 11 is 5.81. The van der Waals surface area contributed by atoms with E-state index in [9.17, 15) is 9.59 Å². The lowest BCUT2D eigenvalue weighted by Gasteiger charge is -2.03. The summed E-state index contributed by atoms with van der Waals surface area (Å²) in [5.41, 5.74) is 0.330. The van der Waals surface area contributed by atoms with E-state index in [4.69, 9.17) is 11.6 Å². The van der Waals surface area contributed by atoms with Crippen LogP contribution in [0.25, 0.3) is 10.9 Å². The second kappa shape index (κ2) is 4.06. The predicted molar refractivity (Wildman–Crippen MR) is 61.7 cm³/mol. The molecule has 82 valence electrons. The van der Waals surface area contributed by atoms with Gasteiger partial charge in [-0.25, -0.2) is 4.98 Å². The fourth-order valence-corrected chi connectivity index (χ4v) is 1.66. The summed E-state index contributed by atoms with van der Waals surface area (Å²) in [6.07, 6.45) is 1.37. The number of hydrogen-bond donors (Lipinski definition) is 0. The van der Waals surface area contributed by atoms with E-state index in [0.717, 1.165) is 0 Å². The monoisotopic (exact) mass is 236 g/mol. The average Bonchev–Trinajstić information content (AvgIpc) is 2.22. The Bertz CT molecular complexity index is 619. The second-order valence-electron chi connectivity index (χ2n) is 3.54. The van der Waals surface area contributed by atoms with Crippen LogP contribution in [-0.4, -0.2) is 15.3 Å². The van der Waals surface area contributed by atoms with Gasteiger partial charge < -0.3 is 0 Å². The van der Waals surface area contributed by atoms with Gasteiger partial charge in [-0.2, -0.15) is 0 Å². The molecule has 0 aliphatic heterocycles. The zero-order chi connectivity index (χ0) is 11.7. The number of aromatic nitrogens is 2. The standard InChI is InChI=1S/C11H9ClN2O2/c1-7(15)5-14-6-13-10-3-2-8(12)4-9(10)11(14)16/h2-4,6H,5H2,1H3. The summed E-state index contributed by atoms with van der Waals surface area (Å²) in [6, 6.07) is 4.91. The molecule has 0 aliphatic carbocycles. The van der Waals surface area contributed by atoms with Gasteiger partial charge in [-0.15, -0.1) is 0 Å². The molecule has 1 aromatic carbocycles. The van der Waals surface area contributed by atoms with Crippen molar-refractivity contribution in [2.45, 2.75) is 13.5 Å². The van der Waals surface area contributed by atoms with Crippen LogP contribution in [0.4, 0.5) is 0 Å². The van der Waals surface area contributed by atoms with Gasteiger partial charge in [-0.1, -0.05) is 11.6 Å². The lowest BCUT2D eigenvalue weighted by atomic mass is 10.2. The molecular formula is C11H9ClN2O2. The maximum Gasteiger partial charge on any atom is 0.261 e. The number of hydrogen-bond acceptors (Lipinski definition) is 3. The summed E-state index contributed by atoms with van der Waals surface area (Å²) in [5, 5.41) is 0.906. The topological polar surface area (TPSA) is 52.0 Å². The van der Waals surface area contributed by atoms with Crippen LogP contribution < -0.4 is 5.56 Å². The summed E-state index contributed by atoms with van der Waals surface area (Å²) in [5.74, 6) is -0.0923. The Labute approximate surface area is 96.5 Å². The molecule has 1 heterocycles. The summed E-state index contributed by atoms with van der Waals surface area (Å²) in [6.45, 7) is 1.46. The zero-order valence-corrected chi connectivity index (χ0v) is 9.36. The highest BCUT2D eigenvalue weighted by atomic mass is 35.5. The molecule has 0 fully saturated rings. The number of nitrogens with zero attached hydrogens (tertiary/aromatic N) is 2. The van der Waals surface area contributed by atoms with Crippen LogP contribution in [0.15, 0.2) is 29.3 Å². The van der Waals surface area contributed by atoms with Gasteiger partial charge in [-0.05, 0) is 25.1 Å². The van der Waals surface area contributed by atoms with E-state index in [1.54, 1.807) is 18.2 Å². The van der Waals surface area contributed by atoms with Crippen molar-refractivity contribution in [1.29, 1.82) is 0 Å². The van der Waals surface area contributed by atoms with Crippen LogP contribution in [0.5, 0.6) is 0 Å². The molecule has 1 aromatic heterocycles. The van der Waals surface area contributed by atoms with E-state index in [1.807, 2.05) is 0 Å². The molecule has 4 nitrogen and oxygen atoms in total. The number of fused-ring (bicyclic) bond motifs is 1. The van der Waals surface area contributed by atoms with Crippen molar-refractivity contribution in [3.63, 3.8) is 0 Å². The highest BCUT2D eigenvalue weighted by Gasteiger charge is 2.05. The van der Waals surface area contributed by atoms with Crippen LogP contribution in [0.3, 0.4) is 0 Å². The van der Waals surface area contributed by atoms with Crippen LogP contribution >= 0.6 is 11.6 Å². The third kappa shape index (κ3) is 1.97. The highest BCUT2D eigenvalue weighted by Crippen LogP contribution is 2.13. The number of Topliss-reactive ketones (excluding diaryl/α,β-unsaturated/α-hetero) is 1. The molecule has 0 amide bonds. The van der Waals surface area contributed by atoms with Crippen molar-refractivity contribution in [3.8, 4) is 0 Å². The fraction of sp³-hybridized carbons (Fsp3) is 0.182. The Morgan fingerprint density at radius 1 is 1.50 bits per heavy atom. The number of halogens is 1. The predicted octanol–water partition coefficient (Wildman–Crippen LogP) is 1.64. The molecule has 0 atom stereocenters. The second-order valence-corrected chi connectivity index (χ2v) is 3.98. The van der Waals surface area contributed by atoms with Crippen molar-refractivity contribution < 1.29 is 4.79 Å². The van der Waals surface area contributed by atoms with Crippen LogP contribution in [0.1, 0.15) is 6.92 Å². The lowest BCUT2D eigenvalue weighted by Crippen LogP contribution is -2.23. The first-order valence-electron chi connectivity index (χ1n) is 4.72. The molecule has 0 bridgehead atoms. The van der Waals surface area contributed by atoms with Crippen molar-refractivity contribution in [2.24, 2.45) is 0 Å². The van der Waals surface area contributed by atoms with Crippen molar-refractivity contribution in [1.82, 2.24) is 9.55 Å². The third-order valence-corrected chi connectivity index (χ3v) is 2.41. The van der Waals surface area contributed by atoms with Gasteiger partial charge in [0.1, 0.15) is 5.78 Å². The Kier molecular flexibility index (Phi) is 2.75. The minimum Gasteiger partial charge on any atom is -0.298 e. The number of benzene rings is 1. The smallest absolute Gasteiger partial charge is 0.261 e. The Morgan fingerprint density at radius 2 is 2.25 bits per heavy atom. The van der Waals surface area contributed by atoms with Crippen LogP contribution in [0, 0.1) is 0 Å². The molecule has 5 heteroatoms. The van der Waals surface area contributed by atoms with E-state index >= 15 is 0 Å². The molecule has 0 aliphatic rings. The number of rotatable bonds is 2. The van der Waals surface area contributed by atoms with E-state index in [2.05, 4.69) is 4.98 Å². The molecule has 0 saturated carbocycles. The van der Waals surface area contributed by atoms with Gasteiger partial charge in [0, 0.05) is 5.02 Å². The highest BCUT2D eigenvalue weighted by molar-refractivity contribution is 6.31. The van der Waals surface area contributed by atoms with E-state index < -0.39 is 0 Å². The SMILES string of the molecule is CC(=O)Cn1cnc2ccc(Cl)cc2c1=O. The molecule has 0 radical (unpaired) electrons. The Morgan fingerprint density at radius 3 is 2.94 bits per heavy atom. The van der Waals surface area contributed by atoms with E-state index in [1.165, 1.54) is 17.8 Å². The van der Waals surface area contributed by atoms with Crippen LogP contribution in [-0.2, 0) is 11.3 Å². The van der Waals surface area contributed by atoms with Crippen LogP contribution in [0.2, 0.25) is 5.02 Å². The van der Waals surface area contributed by atoms with Crippen molar-refractivity contribution in [3.05, 3.63) is 39.9 Å². The van der Waals surface area contributed by atoms with Gasteiger partial charge in [0.05, 0.1) is 23.8 Å². The normalized spacial score (nSPS) is 10.6. The molecule has 2 rings (SSSR count). The number of carbonyl (C=O) groups is 1. The third-order valence-electron chi connectivity index (χ3n) is 2.18. The van der Waals surface area contributed by atoms with Gasteiger partial charge in [0.25, 0.3) is 5.56 Å². The first kappa shape index (κ1) is 10.8. The molecule has 16 heavy (non-hydrogen) atoms. The maximum atomic E-state index is 11.9. The lowest BCUT2D eigenvalue weighted by molar-refractivity contribution is -0.117. The first-order chi connectivity index (χ1) is 7.58. The fourth-order valence-electron chi connectivity index (χ4n) is 1.48. The molecule has 0 unspecified atom stereocenters. The minimum atomic E-state index is -0.247. The van der Waals surface area contributed by atoms with Gasteiger partial charge >= 0.3 is 0 Å². The molecule has 0 saturated heterocycles. The van der Waals surface area contributed by atoms with Gasteiger partial charge in [-0.3, -0.25) is 14.2 Å². The molecule has 0 spiro atoms. The summed E-state index contributed by atoms with van der Waals surface area (Å²) in [4.78, 5) is 27.0. The summed E-state index contributed by atoms with van der Waals surface area (Å²) < 4.78 is 1.28. The van der Waals surface area contributed by atoms with Gasteiger partial charge in [0.2, 0.25) is 0 Å². The minimum absolute atomic E-state index is 0.0360. The number of ketones is 1. The quantitative estimate of drug-likeness (QED) is 0.797. The zero-order valence-electron chi connectivity index (χ0n) is 8.61. The first-order valence-corrected chi connectivity index (χ1v) is 5.10. The van der Waals surface area contributed by atoms with Gasteiger partial charge in [0.15, 0.2) is 0 Å². The molecular weight excluding hydrogens is 228 g/mol. The van der Waals surface area contributed by atoms with Crippen molar-refractivity contribution in [2.75, 3.05) is 0 Å². The molecule has 0 N–H and O–H groups in total. The maximum absolute atomic E-state index is 11.9. The Hall–Kier alpha value is -1.68.